The minimum Gasteiger partial charge on any atom is -0.391 e. The van der Waals surface area contributed by atoms with Gasteiger partial charge in [-0.25, -0.2) is 0 Å². The van der Waals surface area contributed by atoms with Crippen LogP contribution in [0.15, 0.2) is 79.0 Å². The van der Waals surface area contributed by atoms with Crippen LogP contribution in [0.2, 0.25) is 0 Å². The van der Waals surface area contributed by atoms with Crippen molar-refractivity contribution in [3.05, 3.63) is 101 Å². The molecule has 0 fully saturated rings. The van der Waals surface area contributed by atoms with Crippen LogP contribution in [0.3, 0.4) is 0 Å². The molecular formula is C27H29N3O4. The Morgan fingerprint density at radius 3 is 2.50 bits per heavy atom. The molecule has 7 nitrogen and oxygen atoms in total. The number of hydrogen-bond acceptors (Lipinski definition) is 5. The lowest BCUT2D eigenvalue weighted by Crippen LogP contribution is -2.41. The maximum Gasteiger partial charge on any atom is 0.269 e. The molecule has 0 unspecified atom stereocenters. The molecule has 2 amide bonds. The zero-order chi connectivity index (χ0) is 23.9. The van der Waals surface area contributed by atoms with E-state index in [1.807, 2.05) is 54.6 Å². The Hall–Kier alpha value is -3.55. The quantitative estimate of drug-likeness (QED) is 0.392. The summed E-state index contributed by atoms with van der Waals surface area (Å²) in [4.78, 5) is 29.6. The Morgan fingerprint density at radius 1 is 1.00 bits per heavy atom. The largest absolute Gasteiger partial charge is 0.391 e. The number of carbonyl (C=O) groups excluding carboxylic acids is 2. The smallest absolute Gasteiger partial charge is 0.269 e. The third kappa shape index (κ3) is 5.87. The number of benzene rings is 2. The molecule has 4 N–H and O–H groups in total. The predicted molar refractivity (Wildman–Crippen MR) is 128 cm³/mol. The monoisotopic (exact) mass is 459 g/mol. The summed E-state index contributed by atoms with van der Waals surface area (Å²) in [5.74, 6) is -1.15. The Balaban J connectivity index is 1.42. The normalized spacial score (nSPS) is 18.5. The number of nitrogens with zero attached hydrogens (tertiary/aromatic N) is 1. The van der Waals surface area contributed by atoms with E-state index in [4.69, 9.17) is 0 Å². The summed E-state index contributed by atoms with van der Waals surface area (Å²) in [5, 5.41) is 26.9. The van der Waals surface area contributed by atoms with Crippen LogP contribution < -0.4 is 10.6 Å². The zero-order valence-electron chi connectivity index (χ0n) is 18.8. The van der Waals surface area contributed by atoms with Crippen molar-refractivity contribution in [2.24, 2.45) is 5.92 Å². The van der Waals surface area contributed by atoms with Crippen LogP contribution in [0.25, 0.3) is 0 Å². The van der Waals surface area contributed by atoms with Crippen LogP contribution in [0, 0.1) is 5.92 Å². The Bertz CT molecular complexity index is 1110. The lowest BCUT2D eigenvalue weighted by atomic mass is 9.92. The van der Waals surface area contributed by atoms with Crippen molar-refractivity contribution >= 4 is 11.8 Å². The van der Waals surface area contributed by atoms with Gasteiger partial charge in [-0.2, -0.15) is 0 Å². The van der Waals surface area contributed by atoms with Gasteiger partial charge in [0.15, 0.2) is 0 Å². The van der Waals surface area contributed by atoms with Crippen molar-refractivity contribution in [1.82, 2.24) is 15.6 Å². The molecule has 0 saturated carbocycles. The summed E-state index contributed by atoms with van der Waals surface area (Å²) in [5.41, 5.74) is 3.18. The van der Waals surface area contributed by atoms with Gasteiger partial charge in [-0.15, -0.1) is 0 Å². The first-order chi connectivity index (χ1) is 16.5. The lowest BCUT2D eigenvalue weighted by Gasteiger charge is -2.24. The molecule has 7 heteroatoms. The first-order valence-electron chi connectivity index (χ1n) is 11.5. The van der Waals surface area contributed by atoms with Crippen LogP contribution >= 0.6 is 0 Å². The van der Waals surface area contributed by atoms with Crippen molar-refractivity contribution < 1.29 is 19.8 Å². The lowest BCUT2D eigenvalue weighted by molar-refractivity contribution is -0.127. The Kier molecular flexibility index (Phi) is 7.67. The highest BCUT2D eigenvalue weighted by Crippen LogP contribution is 2.31. The molecule has 0 bridgehead atoms. The van der Waals surface area contributed by atoms with E-state index in [2.05, 4.69) is 15.6 Å². The van der Waals surface area contributed by atoms with E-state index < -0.39 is 24.2 Å². The average molecular weight is 460 g/mol. The van der Waals surface area contributed by atoms with E-state index >= 15 is 0 Å². The third-order valence-electron chi connectivity index (χ3n) is 6.15. The second-order valence-electron chi connectivity index (χ2n) is 8.66. The molecule has 1 aromatic heterocycles. The molecule has 3 aromatic rings. The highest BCUT2D eigenvalue weighted by Gasteiger charge is 2.34. The molecule has 0 spiro atoms. The van der Waals surface area contributed by atoms with Gasteiger partial charge in [0.2, 0.25) is 5.91 Å². The van der Waals surface area contributed by atoms with Gasteiger partial charge in [0.1, 0.15) is 5.69 Å². The molecular weight excluding hydrogens is 430 g/mol. The molecule has 0 radical (unpaired) electrons. The van der Waals surface area contributed by atoms with Gasteiger partial charge in [-0.1, -0.05) is 60.7 Å². The summed E-state index contributed by atoms with van der Waals surface area (Å²) in [6, 6.07) is 21.8. The molecule has 1 aliphatic rings. The number of nitrogens with one attached hydrogen (secondary N) is 2. The first kappa shape index (κ1) is 23.6. The Labute approximate surface area is 198 Å². The number of rotatable bonds is 9. The van der Waals surface area contributed by atoms with Crippen molar-refractivity contribution in [2.75, 3.05) is 6.54 Å². The second-order valence-corrected chi connectivity index (χ2v) is 8.66. The number of pyridine rings is 1. The van der Waals surface area contributed by atoms with Crippen molar-refractivity contribution in [2.45, 2.75) is 37.5 Å². The van der Waals surface area contributed by atoms with E-state index in [0.29, 0.717) is 12.8 Å². The predicted octanol–water partition coefficient (Wildman–Crippen LogP) is 2.20. The van der Waals surface area contributed by atoms with Gasteiger partial charge in [0.25, 0.3) is 5.91 Å². The fraction of sp³-hybridized carbons (Fsp3) is 0.296. The molecule has 34 heavy (non-hydrogen) atoms. The van der Waals surface area contributed by atoms with E-state index in [1.165, 1.54) is 6.20 Å². The maximum absolute atomic E-state index is 13.3. The van der Waals surface area contributed by atoms with Crippen LogP contribution in [0.5, 0.6) is 0 Å². The third-order valence-corrected chi connectivity index (χ3v) is 6.15. The molecule has 2 aromatic carbocycles. The van der Waals surface area contributed by atoms with Crippen LogP contribution in [-0.2, 0) is 17.6 Å². The minimum atomic E-state index is -0.923. The summed E-state index contributed by atoms with van der Waals surface area (Å²) in [7, 11) is 0. The van der Waals surface area contributed by atoms with Crippen molar-refractivity contribution in [1.29, 1.82) is 0 Å². The SMILES string of the molecule is O=C(NC[C@@H](O)C[C@@H](Cc1ccccc1)C(=O)N[C@H]1c2ccccc2C[C@H]1O)c1ccccn1. The number of fused-ring (bicyclic) bond motifs is 1. The Morgan fingerprint density at radius 2 is 1.74 bits per heavy atom. The fourth-order valence-electron chi connectivity index (χ4n) is 4.41. The number of aromatic nitrogens is 1. The maximum atomic E-state index is 13.3. The van der Waals surface area contributed by atoms with Gasteiger partial charge in [-0.3, -0.25) is 14.6 Å². The summed E-state index contributed by atoms with van der Waals surface area (Å²) in [6.45, 7) is 0.00284. The van der Waals surface area contributed by atoms with Gasteiger partial charge in [-0.05, 0) is 41.7 Å². The molecule has 0 saturated heterocycles. The highest BCUT2D eigenvalue weighted by atomic mass is 16.3. The second kappa shape index (κ2) is 11.0. The van der Waals surface area contributed by atoms with Crippen molar-refractivity contribution in [3.8, 4) is 0 Å². The molecule has 4 atom stereocenters. The average Bonchev–Trinajstić information content (AvgIpc) is 3.18. The molecule has 0 aliphatic heterocycles. The summed E-state index contributed by atoms with van der Waals surface area (Å²) >= 11 is 0. The molecule has 1 heterocycles. The number of hydrogen-bond donors (Lipinski definition) is 4. The number of aliphatic hydroxyl groups is 2. The first-order valence-corrected chi connectivity index (χ1v) is 11.5. The number of carbonyl (C=O) groups is 2. The standard InChI is InChI=1S/C27H29N3O4/c31-21(17-29-27(34)23-12-6-7-13-28-23)15-20(14-18-8-2-1-3-9-18)26(33)30-25-22-11-5-4-10-19(22)16-24(25)32/h1-13,20-21,24-25,31-32H,14-17H2,(H,29,34)(H,30,33)/t20-,21+,24-,25+/m1/s1. The topological polar surface area (TPSA) is 112 Å². The molecule has 1 aliphatic carbocycles. The number of aliphatic hydroxyl groups excluding tert-OH is 2. The summed E-state index contributed by atoms with van der Waals surface area (Å²) < 4.78 is 0. The van der Waals surface area contributed by atoms with Gasteiger partial charge in [0, 0.05) is 25.1 Å². The van der Waals surface area contributed by atoms with E-state index in [9.17, 15) is 19.8 Å². The van der Waals surface area contributed by atoms with Crippen LogP contribution in [-0.4, -0.2) is 45.8 Å². The van der Waals surface area contributed by atoms with Crippen LogP contribution in [0.1, 0.15) is 39.6 Å². The van der Waals surface area contributed by atoms with E-state index in [0.717, 1.165) is 16.7 Å². The van der Waals surface area contributed by atoms with Gasteiger partial charge >= 0.3 is 0 Å². The number of amides is 2. The van der Waals surface area contributed by atoms with E-state index in [1.54, 1.807) is 18.2 Å². The van der Waals surface area contributed by atoms with Gasteiger partial charge in [0.05, 0.1) is 18.2 Å². The van der Waals surface area contributed by atoms with Crippen molar-refractivity contribution in [3.63, 3.8) is 0 Å². The minimum absolute atomic E-state index is 0.00284. The zero-order valence-corrected chi connectivity index (χ0v) is 18.8. The van der Waals surface area contributed by atoms with Crippen LogP contribution in [0.4, 0.5) is 0 Å². The highest BCUT2D eigenvalue weighted by molar-refractivity contribution is 5.92. The van der Waals surface area contributed by atoms with E-state index in [-0.39, 0.29) is 30.5 Å². The summed E-state index contributed by atoms with van der Waals surface area (Å²) in [6.07, 6.45) is 0.999. The fourth-order valence-corrected chi connectivity index (χ4v) is 4.41. The molecule has 176 valence electrons. The van der Waals surface area contributed by atoms with Gasteiger partial charge < -0.3 is 20.8 Å². The molecule has 4 rings (SSSR count).